The molecular formula is C8H17NO4. The molecule has 78 valence electrons. The third-order valence-electron chi connectivity index (χ3n) is 2.23. The molecule has 13 heavy (non-hydrogen) atoms. The van der Waals surface area contributed by atoms with Gasteiger partial charge >= 0.3 is 5.97 Å². The van der Waals surface area contributed by atoms with Gasteiger partial charge < -0.3 is 20.2 Å². The molecule has 1 aliphatic heterocycles. The van der Waals surface area contributed by atoms with Gasteiger partial charge in [0.15, 0.2) is 0 Å². The predicted octanol–water partition coefficient (Wildman–Crippen LogP) is -0.785. The minimum Gasteiger partial charge on any atom is -0.481 e. The molecule has 0 aliphatic carbocycles. The zero-order chi connectivity index (χ0) is 8.97. The van der Waals surface area contributed by atoms with Crippen LogP contribution in [0.25, 0.3) is 0 Å². The van der Waals surface area contributed by atoms with Crippen LogP contribution in [0.5, 0.6) is 0 Å². The van der Waals surface area contributed by atoms with Gasteiger partial charge in [-0.15, -0.1) is 0 Å². The fourth-order valence-corrected chi connectivity index (χ4v) is 1.46. The maximum Gasteiger partial charge on any atom is 0.307 e. The van der Waals surface area contributed by atoms with E-state index < -0.39 is 5.97 Å². The predicted molar refractivity (Wildman–Crippen MR) is 47.7 cm³/mol. The first-order valence-corrected chi connectivity index (χ1v) is 4.18. The standard InChI is InChI=1S/C8H15NO3.H2O/c1-12-5-4-9-3-2-7(6-9)8(10)11;/h7H,2-6H2,1H3,(H,10,11);1H2. The lowest BCUT2D eigenvalue weighted by Gasteiger charge is -2.13. The maximum atomic E-state index is 10.6. The fourth-order valence-electron chi connectivity index (χ4n) is 1.46. The molecule has 0 amide bonds. The van der Waals surface area contributed by atoms with E-state index in [9.17, 15) is 4.79 Å². The lowest BCUT2D eigenvalue weighted by Crippen LogP contribution is -2.26. The summed E-state index contributed by atoms with van der Waals surface area (Å²) in [7, 11) is 1.66. The Balaban J connectivity index is 0.00000144. The molecule has 0 radical (unpaired) electrons. The molecule has 0 aromatic carbocycles. The minimum absolute atomic E-state index is 0. The highest BCUT2D eigenvalue weighted by molar-refractivity contribution is 5.70. The third-order valence-corrected chi connectivity index (χ3v) is 2.23. The quantitative estimate of drug-likeness (QED) is 0.631. The van der Waals surface area contributed by atoms with Crippen LogP contribution < -0.4 is 0 Å². The Labute approximate surface area is 77.6 Å². The van der Waals surface area contributed by atoms with E-state index in [1.807, 2.05) is 0 Å². The maximum absolute atomic E-state index is 10.6. The number of methoxy groups -OCH3 is 1. The molecule has 1 unspecified atom stereocenters. The molecule has 0 spiro atoms. The molecule has 3 N–H and O–H groups in total. The summed E-state index contributed by atoms with van der Waals surface area (Å²) < 4.78 is 4.91. The number of aliphatic carboxylic acids is 1. The topological polar surface area (TPSA) is 81.3 Å². The summed E-state index contributed by atoms with van der Waals surface area (Å²) in [6.07, 6.45) is 0.777. The van der Waals surface area contributed by atoms with Crippen LogP contribution in [0, 0.1) is 5.92 Å². The number of nitrogens with zero attached hydrogens (tertiary/aromatic N) is 1. The van der Waals surface area contributed by atoms with Gasteiger partial charge in [-0.1, -0.05) is 0 Å². The SMILES string of the molecule is COCCN1CCC(C(=O)O)C1.O. The number of likely N-dealkylation sites (tertiary alicyclic amines) is 1. The van der Waals surface area contributed by atoms with Crippen LogP contribution in [0.2, 0.25) is 0 Å². The Morgan fingerprint density at radius 3 is 2.85 bits per heavy atom. The molecule has 1 heterocycles. The van der Waals surface area contributed by atoms with Crippen LogP contribution in [-0.4, -0.2) is 54.8 Å². The van der Waals surface area contributed by atoms with E-state index in [0.29, 0.717) is 13.2 Å². The molecule has 5 nitrogen and oxygen atoms in total. The van der Waals surface area contributed by atoms with Gasteiger partial charge in [-0.3, -0.25) is 4.79 Å². The molecule has 1 aliphatic rings. The first-order chi connectivity index (χ1) is 5.74. The van der Waals surface area contributed by atoms with Gasteiger partial charge in [0, 0.05) is 20.2 Å². The number of carboxylic acids is 1. The summed E-state index contributed by atoms with van der Waals surface area (Å²) in [6.45, 7) is 3.10. The van der Waals surface area contributed by atoms with Crippen LogP contribution in [0.4, 0.5) is 0 Å². The highest BCUT2D eigenvalue weighted by Crippen LogP contribution is 2.15. The van der Waals surface area contributed by atoms with Crippen molar-refractivity contribution in [2.24, 2.45) is 5.92 Å². The largest absolute Gasteiger partial charge is 0.481 e. The van der Waals surface area contributed by atoms with Crippen molar-refractivity contribution in [3.05, 3.63) is 0 Å². The molecule has 1 rings (SSSR count). The summed E-state index contributed by atoms with van der Waals surface area (Å²) >= 11 is 0. The van der Waals surface area contributed by atoms with Gasteiger partial charge in [0.1, 0.15) is 0 Å². The number of carboxylic acid groups (broad SMARTS) is 1. The van der Waals surface area contributed by atoms with Crippen molar-refractivity contribution in [3.63, 3.8) is 0 Å². The second kappa shape index (κ2) is 5.90. The van der Waals surface area contributed by atoms with Crippen molar-refractivity contribution >= 4 is 5.97 Å². The zero-order valence-corrected chi connectivity index (χ0v) is 7.82. The average Bonchev–Trinajstić information content (AvgIpc) is 2.48. The normalized spacial score (nSPS) is 22.7. The Bertz CT molecular complexity index is 162. The number of rotatable bonds is 4. The van der Waals surface area contributed by atoms with Crippen molar-refractivity contribution in [3.8, 4) is 0 Å². The third kappa shape index (κ3) is 3.71. The molecule has 1 saturated heterocycles. The Kier molecular flexibility index (Phi) is 5.61. The molecule has 0 aromatic rings. The van der Waals surface area contributed by atoms with Crippen molar-refractivity contribution in [1.82, 2.24) is 4.90 Å². The Morgan fingerprint density at radius 2 is 2.38 bits per heavy atom. The van der Waals surface area contributed by atoms with Crippen LogP contribution in [0.15, 0.2) is 0 Å². The van der Waals surface area contributed by atoms with Gasteiger partial charge in [-0.25, -0.2) is 0 Å². The lowest BCUT2D eigenvalue weighted by atomic mass is 10.1. The second-order valence-corrected chi connectivity index (χ2v) is 3.12. The smallest absolute Gasteiger partial charge is 0.307 e. The van der Waals surface area contributed by atoms with Gasteiger partial charge in [0.25, 0.3) is 0 Å². The zero-order valence-electron chi connectivity index (χ0n) is 7.82. The van der Waals surface area contributed by atoms with Crippen molar-refractivity contribution in [2.45, 2.75) is 6.42 Å². The molecule has 0 aromatic heterocycles. The summed E-state index contributed by atoms with van der Waals surface area (Å²) in [5, 5.41) is 8.70. The number of carbonyl (C=O) groups is 1. The fraction of sp³-hybridized carbons (Fsp3) is 0.875. The monoisotopic (exact) mass is 191 g/mol. The number of hydrogen-bond acceptors (Lipinski definition) is 3. The van der Waals surface area contributed by atoms with E-state index in [4.69, 9.17) is 9.84 Å². The number of hydrogen-bond donors (Lipinski definition) is 1. The molecule has 0 bridgehead atoms. The van der Waals surface area contributed by atoms with E-state index in [0.717, 1.165) is 19.5 Å². The van der Waals surface area contributed by atoms with Crippen LogP contribution in [0.1, 0.15) is 6.42 Å². The highest BCUT2D eigenvalue weighted by Gasteiger charge is 2.27. The van der Waals surface area contributed by atoms with Gasteiger partial charge in [-0.05, 0) is 13.0 Å². The highest BCUT2D eigenvalue weighted by atomic mass is 16.5. The Morgan fingerprint density at radius 1 is 1.69 bits per heavy atom. The first-order valence-electron chi connectivity index (χ1n) is 4.18. The summed E-state index contributed by atoms with van der Waals surface area (Å²) in [5.74, 6) is -0.836. The Hall–Kier alpha value is -0.650. The van der Waals surface area contributed by atoms with Crippen molar-refractivity contribution in [1.29, 1.82) is 0 Å². The van der Waals surface area contributed by atoms with Crippen molar-refractivity contribution in [2.75, 3.05) is 33.4 Å². The first kappa shape index (κ1) is 12.3. The average molecular weight is 191 g/mol. The van der Waals surface area contributed by atoms with Gasteiger partial charge in [0.05, 0.1) is 12.5 Å². The molecule has 1 atom stereocenters. The minimum atomic E-state index is -0.671. The second-order valence-electron chi connectivity index (χ2n) is 3.12. The van der Waals surface area contributed by atoms with Crippen molar-refractivity contribution < 1.29 is 20.1 Å². The summed E-state index contributed by atoms with van der Waals surface area (Å²) in [6, 6.07) is 0. The van der Waals surface area contributed by atoms with Crippen LogP contribution in [-0.2, 0) is 9.53 Å². The number of ether oxygens (including phenoxy) is 1. The molecule has 0 saturated carbocycles. The molecular weight excluding hydrogens is 174 g/mol. The van der Waals surface area contributed by atoms with E-state index in [-0.39, 0.29) is 11.4 Å². The van der Waals surface area contributed by atoms with Gasteiger partial charge in [0.2, 0.25) is 0 Å². The lowest BCUT2D eigenvalue weighted by molar-refractivity contribution is -0.141. The van der Waals surface area contributed by atoms with E-state index >= 15 is 0 Å². The van der Waals surface area contributed by atoms with Gasteiger partial charge in [-0.2, -0.15) is 0 Å². The van der Waals surface area contributed by atoms with E-state index in [1.54, 1.807) is 7.11 Å². The summed E-state index contributed by atoms with van der Waals surface area (Å²) in [5.41, 5.74) is 0. The van der Waals surface area contributed by atoms with Crippen LogP contribution >= 0.6 is 0 Å². The molecule has 5 heteroatoms. The summed E-state index contributed by atoms with van der Waals surface area (Å²) in [4.78, 5) is 12.7. The van der Waals surface area contributed by atoms with Crippen LogP contribution in [0.3, 0.4) is 0 Å². The molecule has 1 fully saturated rings. The van der Waals surface area contributed by atoms with E-state index in [1.165, 1.54) is 0 Å². The van der Waals surface area contributed by atoms with E-state index in [2.05, 4.69) is 4.90 Å².